The molecule has 2 N–H and O–H groups in total. The van der Waals surface area contributed by atoms with Crippen LogP contribution in [0.4, 0.5) is 0 Å². The van der Waals surface area contributed by atoms with Gasteiger partial charge in [0.25, 0.3) is 0 Å². The van der Waals surface area contributed by atoms with E-state index in [1.165, 1.54) is 6.92 Å². The number of aliphatic hydroxyl groups is 1. The first kappa shape index (κ1) is 12.4. The number of hydrogen-bond donors (Lipinski definition) is 2. The van der Waals surface area contributed by atoms with Crippen molar-refractivity contribution in [3.05, 3.63) is 0 Å². The van der Waals surface area contributed by atoms with E-state index in [1.54, 1.807) is 6.07 Å². The largest absolute Gasteiger partial charge is 0.393 e. The van der Waals surface area contributed by atoms with Crippen LogP contribution >= 0.6 is 0 Å². The lowest BCUT2D eigenvalue weighted by atomic mass is 10.1. The van der Waals surface area contributed by atoms with E-state index in [9.17, 15) is 13.5 Å². The third-order valence-electron chi connectivity index (χ3n) is 2.81. The molecular weight excluding hydrogens is 216 g/mol. The van der Waals surface area contributed by atoms with Crippen molar-refractivity contribution in [1.82, 2.24) is 4.72 Å². The van der Waals surface area contributed by atoms with Crippen molar-refractivity contribution in [2.75, 3.05) is 6.54 Å². The van der Waals surface area contributed by atoms with Crippen LogP contribution in [-0.4, -0.2) is 31.4 Å². The Hall–Kier alpha value is -0.640. The van der Waals surface area contributed by atoms with Crippen LogP contribution in [-0.2, 0) is 10.0 Å². The molecule has 3 atom stereocenters. The molecule has 1 rings (SSSR count). The van der Waals surface area contributed by atoms with E-state index in [2.05, 4.69) is 4.72 Å². The third-order valence-corrected chi connectivity index (χ3v) is 4.42. The van der Waals surface area contributed by atoms with Crippen LogP contribution in [0.2, 0.25) is 0 Å². The molecule has 0 bridgehead atoms. The molecule has 1 fully saturated rings. The number of nitrogens with one attached hydrogen (secondary N) is 1. The summed E-state index contributed by atoms with van der Waals surface area (Å²) in [7, 11) is -3.54. The van der Waals surface area contributed by atoms with Gasteiger partial charge in [-0.05, 0) is 25.7 Å². The lowest BCUT2D eigenvalue weighted by Crippen LogP contribution is -2.37. The van der Waals surface area contributed by atoms with Gasteiger partial charge in [-0.1, -0.05) is 6.42 Å². The number of aliphatic hydroxyl groups excluding tert-OH is 1. The van der Waals surface area contributed by atoms with Gasteiger partial charge in [-0.15, -0.1) is 0 Å². The number of nitrogens with zero attached hydrogens (tertiary/aromatic N) is 1. The zero-order valence-corrected chi connectivity index (χ0v) is 9.50. The SMILES string of the molecule is CC(C#N)S(=O)(=O)NCC1CCCC1O. The maximum absolute atomic E-state index is 11.4. The quantitative estimate of drug-likeness (QED) is 0.712. The number of rotatable bonds is 4. The highest BCUT2D eigenvalue weighted by molar-refractivity contribution is 7.90. The Balaban J connectivity index is 2.47. The highest BCUT2D eigenvalue weighted by Gasteiger charge is 2.28. The highest BCUT2D eigenvalue weighted by Crippen LogP contribution is 2.24. The second kappa shape index (κ2) is 4.92. The van der Waals surface area contributed by atoms with E-state index < -0.39 is 21.4 Å². The Kier molecular flexibility index (Phi) is 4.08. The molecule has 1 aliphatic rings. The molecule has 0 aromatic heterocycles. The molecule has 1 saturated carbocycles. The zero-order valence-electron chi connectivity index (χ0n) is 8.68. The van der Waals surface area contributed by atoms with Crippen LogP contribution in [0.15, 0.2) is 0 Å². The summed E-state index contributed by atoms with van der Waals surface area (Å²) in [6.07, 6.45) is 2.09. The predicted molar refractivity (Wildman–Crippen MR) is 55.3 cm³/mol. The Labute approximate surface area is 90.2 Å². The van der Waals surface area contributed by atoms with E-state index in [4.69, 9.17) is 5.26 Å². The Bertz CT molecular complexity index is 347. The summed E-state index contributed by atoms with van der Waals surface area (Å²) < 4.78 is 25.2. The van der Waals surface area contributed by atoms with Gasteiger partial charge in [-0.2, -0.15) is 5.26 Å². The molecule has 1 aliphatic carbocycles. The van der Waals surface area contributed by atoms with Gasteiger partial charge >= 0.3 is 0 Å². The van der Waals surface area contributed by atoms with Crippen LogP contribution in [0.5, 0.6) is 0 Å². The molecule has 0 aliphatic heterocycles. The predicted octanol–water partition coefficient (Wildman–Crippen LogP) is -0.0211. The van der Waals surface area contributed by atoms with Crippen molar-refractivity contribution in [2.45, 2.75) is 37.5 Å². The van der Waals surface area contributed by atoms with Crippen LogP contribution in [0.3, 0.4) is 0 Å². The normalized spacial score (nSPS) is 28.6. The van der Waals surface area contributed by atoms with Gasteiger partial charge in [-0.3, -0.25) is 0 Å². The van der Waals surface area contributed by atoms with Crippen LogP contribution in [0, 0.1) is 17.2 Å². The maximum atomic E-state index is 11.4. The van der Waals surface area contributed by atoms with Gasteiger partial charge in [0.15, 0.2) is 5.25 Å². The van der Waals surface area contributed by atoms with E-state index in [0.29, 0.717) is 0 Å². The van der Waals surface area contributed by atoms with E-state index in [-0.39, 0.29) is 12.5 Å². The molecule has 6 heteroatoms. The summed E-state index contributed by atoms with van der Waals surface area (Å²) in [5, 5.41) is 16.9. The second-order valence-corrected chi connectivity index (χ2v) is 6.01. The number of sulfonamides is 1. The van der Waals surface area contributed by atoms with Crippen LogP contribution in [0.25, 0.3) is 0 Å². The molecule has 86 valence electrons. The highest BCUT2D eigenvalue weighted by atomic mass is 32.2. The van der Waals surface area contributed by atoms with Gasteiger partial charge in [0.2, 0.25) is 10.0 Å². The van der Waals surface area contributed by atoms with Crippen LogP contribution in [0.1, 0.15) is 26.2 Å². The summed E-state index contributed by atoms with van der Waals surface area (Å²) >= 11 is 0. The van der Waals surface area contributed by atoms with Crippen molar-refractivity contribution in [2.24, 2.45) is 5.92 Å². The number of nitriles is 1. The third kappa shape index (κ3) is 3.16. The fourth-order valence-electron chi connectivity index (χ4n) is 1.67. The molecule has 0 radical (unpaired) electrons. The molecule has 0 spiro atoms. The fraction of sp³-hybridized carbons (Fsp3) is 0.889. The molecule has 3 unspecified atom stereocenters. The summed E-state index contributed by atoms with van der Waals surface area (Å²) in [5.41, 5.74) is 0. The Morgan fingerprint density at radius 3 is 2.73 bits per heavy atom. The van der Waals surface area contributed by atoms with Crippen molar-refractivity contribution >= 4 is 10.0 Å². The lowest BCUT2D eigenvalue weighted by Gasteiger charge is -2.15. The molecule has 0 amide bonds. The second-order valence-electron chi connectivity index (χ2n) is 3.92. The van der Waals surface area contributed by atoms with E-state index in [1.807, 2.05) is 0 Å². The van der Waals surface area contributed by atoms with Crippen molar-refractivity contribution in [1.29, 1.82) is 5.26 Å². The van der Waals surface area contributed by atoms with Crippen molar-refractivity contribution < 1.29 is 13.5 Å². The fourth-order valence-corrected chi connectivity index (χ4v) is 2.51. The summed E-state index contributed by atoms with van der Waals surface area (Å²) in [4.78, 5) is 0. The molecule has 0 aromatic carbocycles. The lowest BCUT2D eigenvalue weighted by molar-refractivity contribution is 0.134. The average molecular weight is 232 g/mol. The van der Waals surface area contributed by atoms with Gasteiger partial charge in [0.1, 0.15) is 0 Å². The van der Waals surface area contributed by atoms with Crippen LogP contribution < -0.4 is 4.72 Å². The van der Waals surface area contributed by atoms with Crippen molar-refractivity contribution in [3.8, 4) is 6.07 Å². The number of hydrogen-bond acceptors (Lipinski definition) is 4. The molecule has 0 aromatic rings. The minimum atomic E-state index is -3.54. The molecule has 5 nitrogen and oxygen atoms in total. The maximum Gasteiger partial charge on any atom is 0.227 e. The minimum Gasteiger partial charge on any atom is -0.393 e. The molecule has 15 heavy (non-hydrogen) atoms. The molecule has 0 heterocycles. The Morgan fingerprint density at radius 2 is 2.27 bits per heavy atom. The molecular formula is C9H16N2O3S. The standard InChI is InChI=1S/C9H16N2O3S/c1-7(5-10)15(13,14)11-6-8-3-2-4-9(8)12/h7-9,11-12H,2-4,6H2,1H3. The van der Waals surface area contributed by atoms with Gasteiger partial charge in [0, 0.05) is 6.54 Å². The molecule has 0 saturated heterocycles. The average Bonchev–Trinajstić information content (AvgIpc) is 2.60. The van der Waals surface area contributed by atoms with Gasteiger partial charge < -0.3 is 5.11 Å². The summed E-state index contributed by atoms with van der Waals surface area (Å²) in [6.45, 7) is 1.57. The first-order valence-electron chi connectivity index (χ1n) is 5.03. The monoisotopic (exact) mass is 232 g/mol. The minimum absolute atomic E-state index is 0.00864. The van der Waals surface area contributed by atoms with Crippen molar-refractivity contribution in [3.63, 3.8) is 0 Å². The smallest absolute Gasteiger partial charge is 0.227 e. The first-order chi connectivity index (χ1) is 6.97. The summed E-state index contributed by atoms with van der Waals surface area (Å²) in [5.74, 6) is -0.00864. The first-order valence-corrected chi connectivity index (χ1v) is 6.58. The summed E-state index contributed by atoms with van der Waals surface area (Å²) in [6, 6.07) is 1.68. The topological polar surface area (TPSA) is 90.2 Å². The zero-order chi connectivity index (χ0) is 11.5. The van der Waals surface area contributed by atoms with E-state index >= 15 is 0 Å². The Morgan fingerprint density at radius 1 is 1.60 bits per heavy atom. The van der Waals surface area contributed by atoms with E-state index in [0.717, 1.165) is 19.3 Å². The van der Waals surface area contributed by atoms with Gasteiger partial charge in [-0.25, -0.2) is 13.1 Å². The van der Waals surface area contributed by atoms with Gasteiger partial charge in [0.05, 0.1) is 12.2 Å².